The Bertz CT molecular complexity index is 327. The lowest BCUT2D eigenvalue weighted by atomic mass is 10.1. The lowest BCUT2D eigenvalue weighted by Crippen LogP contribution is -2.17. The molecule has 88 valence electrons. The molecule has 0 saturated heterocycles. The van der Waals surface area contributed by atoms with Crippen LogP contribution in [0.15, 0.2) is 30.3 Å². The maximum atomic E-state index is 11.4. The molecule has 0 heterocycles. The van der Waals surface area contributed by atoms with E-state index in [1.54, 1.807) is 0 Å². The van der Waals surface area contributed by atoms with Gasteiger partial charge in [0, 0.05) is 6.21 Å². The number of halogens is 1. The van der Waals surface area contributed by atoms with Crippen molar-refractivity contribution in [1.29, 1.82) is 5.41 Å². The Labute approximate surface area is 102 Å². The summed E-state index contributed by atoms with van der Waals surface area (Å²) >= 11 is 0. The second kappa shape index (κ2) is 7.88. The Kier molecular flexibility index (Phi) is 7.21. The zero-order valence-electron chi connectivity index (χ0n) is 9.18. The molecule has 0 bridgehead atoms. The summed E-state index contributed by atoms with van der Waals surface area (Å²) in [5.74, 6) is -0.731. The average Bonchev–Trinajstić information content (AvgIpc) is 2.29. The van der Waals surface area contributed by atoms with E-state index >= 15 is 0 Å². The standard InChI is InChI=1S/C12H15NO2.ClH/c1-2-11(8-13)12(14)15-9-10-6-4-3-5-7-10;/h3-8,11,13H,2,9H2,1H3;1H. The third-order valence-electron chi connectivity index (χ3n) is 2.17. The van der Waals surface area contributed by atoms with Gasteiger partial charge < -0.3 is 10.1 Å². The second-order valence-electron chi connectivity index (χ2n) is 3.27. The van der Waals surface area contributed by atoms with Crippen LogP contribution in [-0.4, -0.2) is 12.2 Å². The third-order valence-corrected chi connectivity index (χ3v) is 2.17. The van der Waals surface area contributed by atoms with E-state index in [0.717, 1.165) is 11.8 Å². The van der Waals surface area contributed by atoms with Crippen LogP contribution >= 0.6 is 12.4 Å². The summed E-state index contributed by atoms with van der Waals surface area (Å²) in [5, 5.41) is 7.05. The number of hydrogen-bond donors (Lipinski definition) is 1. The first-order valence-electron chi connectivity index (χ1n) is 4.99. The normalized spacial score (nSPS) is 11.1. The smallest absolute Gasteiger partial charge is 0.314 e. The maximum Gasteiger partial charge on any atom is 0.314 e. The van der Waals surface area contributed by atoms with Gasteiger partial charge in [0.25, 0.3) is 0 Å². The van der Waals surface area contributed by atoms with Gasteiger partial charge in [-0.15, -0.1) is 12.4 Å². The second-order valence-corrected chi connectivity index (χ2v) is 3.27. The van der Waals surface area contributed by atoms with Crippen molar-refractivity contribution in [2.75, 3.05) is 0 Å². The Morgan fingerprint density at radius 3 is 2.56 bits per heavy atom. The molecular formula is C12H16ClNO2. The molecule has 0 fully saturated rings. The first-order chi connectivity index (χ1) is 7.27. The van der Waals surface area contributed by atoms with Crippen molar-refractivity contribution < 1.29 is 9.53 Å². The lowest BCUT2D eigenvalue weighted by molar-refractivity contribution is -0.147. The summed E-state index contributed by atoms with van der Waals surface area (Å²) in [4.78, 5) is 11.4. The number of esters is 1. The summed E-state index contributed by atoms with van der Waals surface area (Å²) in [6.07, 6.45) is 1.74. The topological polar surface area (TPSA) is 50.2 Å². The van der Waals surface area contributed by atoms with Crippen molar-refractivity contribution in [2.45, 2.75) is 20.0 Å². The van der Waals surface area contributed by atoms with Gasteiger partial charge in [0.1, 0.15) is 6.61 Å². The molecule has 1 aromatic carbocycles. The largest absolute Gasteiger partial charge is 0.460 e. The van der Waals surface area contributed by atoms with Gasteiger partial charge in [-0.05, 0) is 12.0 Å². The first-order valence-corrected chi connectivity index (χ1v) is 4.99. The molecule has 1 aromatic rings. The molecular weight excluding hydrogens is 226 g/mol. The van der Waals surface area contributed by atoms with Crippen LogP contribution in [0.4, 0.5) is 0 Å². The van der Waals surface area contributed by atoms with E-state index in [0.29, 0.717) is 6.42 Å². The summed E-state index contributed by atoms with van der Waals surface area (Å²) in [5.41, 5.74) is 0.964. The van der Waals surface area contributed by atoms with Crippen LogP contribution in [0.25, 0.3) is 0 Å². The van der Waals surface area contributed by atoms with Crippen molar-refractivity contribution in [3.05, 3.63) is 35.9 Å². The highest BCUT2D eigenvalue weighted by atomic mass is 35.5. The van der Waals surface area contributed by atoms with Gasteiger partial charge in [0.15, 0.2) is 0 Å². The van der Waals surface area contributed by atoms with Crippen LogP contribution in [0.2, 0.25) is 0 Å². The number of nitrogens with one attached hydrogen (secondary N) is 1. The van der Waals surface area contributed by atoms with Gasteiger partial charge in [0.05, 0.1) is 5.92 Å². The molecule has 0 saturated carbocycles. The van der Waals surface area contributed by atoms with Crippen molar-refractivity contribution in [3.63, 3.8) is 0 Å². The van der Waals surface area contributed by atoms with E-state index in [-0.39, 0.29) is 25.0 Å². The molecule has 0 aliphatic carbocycles. The zero-order chi connectivity index (χ0) is 11.1. The Morgan fingerprint density at radius 1 is 1.44 bits per heavy atom. The number of carbonyl (C=O) groups excluding carboxylic acids is 1. The molecule has 16 heavy (non-hydrogen) atoms. The number of hydrogen-bond acceptors (Lipinski definition) is 3. The van der Waals surface area contributed by atoms with Crippen LogP contribution in [0.5, 0.6) is 0 Å². The maximum absolute atomic E-state index is 11.4. The molecule has 1 N–H and O–H groups in total. The van der Waals surface area contributed by atoms with Crippen molar-refractivity contribution >= 4 is 24.6 Å². The van der Waals surface area contributed by atoms with Crippen LogP contribution in [-0.2, 0) is 16.1 Å². The van der Waals surface area contributed by atoms with Crippen LogP contribution < -0.4 is 0 Å². The number of carbonyl (C=O) groups is 1. The van der Waals surface area contributed by atoms with Crippen molar-refractivity contribution in [1.82, 2.24) is 0 Å². The molecule has 4 heteroatoms. The molecule has 0 amide bonds. The molecule has 0 spiro atoms. The van der Waals surface area contributed by atoms with E-state index in [2.05, 4.69) is 0 Å². The molecule has 0 aliphatic rings. The first kappa shape index (κ1) is 14.6. The van der Waals surface area contributed by atoms with Gasteiger partial charge in [-0.25, -0.2) is 0 Å². The van der Waals surface area contributed by atoms with E-state index in [1.165, 1.54) is 0 Å². The van der Waals surface area contributed by atoms with Gasteiger partial charge in [-0.2, -0.15) is 0 Å². The third kappa shape index (κ3) is 4.45. The van der Waals surface area contributed by atoms with Gasteiger partial charge in [0.2, 0.25) is 0 Å². The van der Waals surface area contributed by atoms with Crippen LogP contribution in [0.3, 0.4) is 0 Å². The highest BCUT2D eigenvalue weighted by molar-refractivity contribution is 5.88. The van der Waals surface area contributed by atoms with Crippen LogP contribution in [0.1, 0.15) is 18.9 Å². The minimum atomic E-state index is -0.409. The fourth-order valence-corrected chi connectivity index (χ4v) is 1.19. The SMILES string of the molecule is CCC(C=N)C(=O)OCc1ccccc1.Cl. The highest BCUT2D eigenvalue weighted by Crippen LogP contribution is 2.06. The van der Waals surface area contributed by atoms with E-state index < -0.39 is 5.92 Å². The van der Waals surface area contributed by atoms with Crippen molar-refractivity contribution in [2.24, 2.45) is 5.92 Å². The van der Waals surface area contributed by atoms with E-state index in [1.807, 2.05) is 37.3 Å². The predicted molar refractivity (Wildman–Crippen MR) is 66.1 cm³/mol. The molecule has 3 nitrogen and oxygen atoms in total. The van der Waals surface area contributed by atoms with Gasteiger partial charge in [-0.3, -0.25) is 4.79 Å². The van der Waals surface area contributed by atoms with E-state index in [9.17, 15) is 4.79 Å². The fraction of sp³-hybridized carbons (Fsp3) is 0.333. The Hall–Kier alpha value is -1.35. The quantitative estimate of drug-likeness (QED) is 0.637. The molecule has 1 rings (SSSR count). The molecule has 1 atom stereocenters. The van der Waals surface area contributed by atoms with Gasteiger partial charge >= 0.3 is 5.97 Å². The Balaban J connectivity index is 0.00000225. The summed E-state index contributed by atoms with van der Waals surface area (Å²) in [7, 11) is 0. The Morgan fingerprint density at radius 2 is 2.06 bits per heavy atom. The molecule has 0 radical (unpaired) electrons. The highest BCUT2D eigenvalue weighted by Gasteiger charge is 2.14. The monoisotopic (exact) mass is 241 g/mol. The number of benzene rings is 1. The van der Waals surface area contributed by atoms with Crippen LogP contribution in [0, 0.1) is 11.3 Å². The fourth-order valence-electron chi connectivity index (χ4n) is 1.19. The number of ether oxygens (including phenoxy) is 1. The summed E-state index contributed by atoms with van der Waals surface area (Å²) in [6.45, 7) is 2.14. The van der Waals surface area contributed by atoms with E-state index in [4.69, 9.17) is 10.1 Å². The zero-order valence-corrected chi connectivity index (χ0v) is 10.00. The molecule has 1 unspecified atom stereocenters. The minimum absolute atomic E-state index is 0. The lowest BCUT2D eigenvalue weighted by Gasteiger charge is -2.09. The van der Waals surface area contributed by atoms with Gasteiger partial charge in [-0.1, -0.05) is 37.3 Å². The summed E-state index contributed by atoms with van der Waals surface area (Å²) < 4.78 is 5.08. The minimum Gasteiger partial charge on any atom is -0.460 e. The summed E-state index contributed by atoms with van der Waals surface area (Å²) in [6, 6.07) is 9.52. The predicted octanol–water partition coefficient (Wildman–Crippen LogP) is 2.83. The average molecular weight is 242 g/mol. The number of rotatable bonds is 5. The van der Waals surface area contributed by atoms with Crippen molar-refractivity contribution in [3.8, 4) is 0 Å². The molecule has 0 aromatic heterocycles. The molecule has 0 aliphatic heterocycles.